The lowest BCUT2D eigenvalue weighted by Crippen LogP contribution is -2.14. The van der Waals surface area contributed by atoms with Crippen molar-refractivity contribution in [2.75, 3.05) is 0 Å². The van der Waals surface area contributed by atoms with E-state index in [4.69, 9.17) is 21.7 Å². The highest BCUT2D eigenvalue weighted by Gasteiger charge is 2.24. The van der Waals surface area contributed by atoms with Crippen LogP contribution in [-0.2, 0) is 0 Å². The van der Waals surface area contributed by atoms with Crippen molar-refractivity contribution in [1.82, 2.24) is 0 Å². The third-order valence-electron chi connectivity index (χ3n) is 3.73. The van der Waals surface area contributed by atoms with Gasteiger partial charge in [0.2, 0.25) is 0 Å². The number of ether oxygens (including phenoxy) is 1. The number of halogens is 2. The van der Waals surface area contributed by atoms with Crippen LogP contribution in [0.2, 0.25) is 5.02 Å². The summed E-state index contributed by atoms with van der Waals surface area (Å²) in [5.41, 5.74) is 0.846. The summed E-state index contributed by atoms with van der Waals surface area (Å²) >= 11 is 6.10. The smallest absolute Gasteiger partial charge is 0.184 e. The zero-order valence-corrected chi connectivity index (χ0v) is 11.4. The van der Waals surface area contributed by atoms with Crippen molar-refractivity contribution in [2.45, 2.75) is 31.6 Å². The Labute approximate surface area is 117 Å². The van der Waals surface area contributed by atoms with E-state index in [-0.39, 0.29) is 16.7 Å². The average molecular weight is 282 g/mol. The molecule has 0 heterocycles. The second kappa shape index (κ2) is 6.20. The van der Waals surface area contributed by atoms with Gasteiger partial charge in [-0.25, -0.2) is 4.39 Å². The highest BCUT2D eigenvalue weighted by atomic mass is 35.5. The van der Waals surface area contributed by atoms with E-state index in [0.717, 1.165) is 31.2 Å². The fourth-order valence-electron chi connectivity index (χ4n) is 2.64. The second-order valence-electron chi connectivity index (χ2n) is 4.84. The minimum Gasteiger partial charge on any atom is -0.462 e. The van der Waals surface area contributed by atoms with Gasteiger partial charge < -0.3 is 10.1 Å². The Hall–Kier alpha value is -1.35. The molecule has 0 unspecified atom stereocenters. The molecule has 1 N–H and O–H groups in total. The molecular weight excluding hydrogens is 265 g/mol. The standard InChI is InChI=1S/C15H17ClFNO/c1-2-19-13-8-7-12(14(16)15(13)17)11-5-3-10(9-18)4-6-11/h2,7-11,18H,1,3-6H2. The predicted molar refractivity (Wildman–Crippen MR) is 75.7 cm³/mol. The van der Waals surface area contributed by atoms with Gasteiger partial charge in [0.25, 0.3) is 0 Å². The van der Waals surface area contributed by atoms with Crippen LogP contribution in [0.5, 0.6) is 5.75 Å². The summed E-state index contributed by atoms with van der Waals surface area (Å²) in [6.07, 6.45) is 6.53. The molecule has 102 valence electrons. The highest BCUT2D eigenvalue weighted by molar-refractivity contribution is 6.31. The molecule has 2 rings (SSSR count). The first-order valence-electron chi connectivity index (χ1n) is 6.43. The van der Waals surface area contributed by atoms with E-state index < -0.39 is 5.82 Å². The highest BCUT2D eigenvalue weighted by Crippen LogP contribution is 2.40. The van der Waals surface area contributed by atoms with Gasteiger partial charge in [-0.1, -0.05) is 24.2 Å². The summed E-state index contributed by atoms with van der Waals surface area (Å²) < 4.78 is 19.0. The van der Waals surface area contributed by atoms with Crippen LogP contribution in [0.3, 0.4) is 0 Å². The van der Waals surface area contributed by atoms with Gasteiger partial charge in [0.1, 0.15) is 0 Å². The van der Waals surface area contributed by atoms with Gasteiger partial charge in [0.15, 0.2) is 11.6 Å². The van der Waals surface area contributed by atoms with Crippen LogP contribution in [0.1, 0.15) is 37.2 Å². The summed E-state index contributed by atoms with van der Waals surface area (Å²) in [4.78, 5) is 0. The lowest BCUT2D eigenvalue weighted by Gasteiger charge is -2.27. The Morgan fingerprint density at radius 3 is 2.58 bits per heavy atom. The van der Waals surface area contributed by atoms with Crippen LogP contribution in [0, 0.1) is 17.1 Å². The molecule has 0 radical (unpaired) electrons. The van der Waals surface area contributed by atoms with Gasteiger partial charge in [-0.3, -0.25) is 0 Å². The third kappa shape index (κ3) is 2.98. The first-order valence-corrected chi connectivity index (χ1v) is 6.81. The maximum absolute atomic E-state index is 14.0. The normalized spacial score (nSPS) is 22.8. The Morgan fingerprint density at radius 1 is 1.32 bits per heavy atom. The first-order chi connectivity index (χ1) is 9.17. The Kier molecular flexibility index (Phi) is 4.59. The van der Waals surface area contributed by atoms with Gasteiger partial charge >= 0.3 is 0 Å². The summed E-state index contributed by atoms with van der Waals surface area (Å²) in [5, 5.41) is 7.43. The van der Waals surface area contributed by atoms with Gasteiger partial charge in [-0.2, -0.15) is 0 Å². The maximum Gasteiger partial charge on any atom is 0.184 e. The van der Waals surface area contributed by atoms with E-state index in [1.54, 1.807) is 6.07 Å². The van der Waals surface area contributed by atoms with E-state index in [2.05, 4.69) is 6.58 Å². The lowest BCUT2D eigenvalue weighted by molar-refractivity contribution is 0.393. The Balaban J connectivity index is 2.19. The Morgan fingerprint density at radius 2 is 2.00 bits per heavy atom. The number of nitrogens with one attached hydrogen (secondary N) is 1. The minimum absolute atomic E-state index is 0.108. The second-order valence-corrected chi connectivity index (χ2v) is 5.22. The zero-order chi connectivity index (χ0) is 13.8. The van der Waals surface area contributed by atoms with Gasteiger partial charge in [0.05, 0.1) is 11.3 Å². The molecule has 4 heteroatoms. The van der Waals surface area contributed by atoms with Crippen molar-refractivity contribution in [2.24, 2.45) is 5.92 Å². The molecule has 0 saturated heterocycles. The molecule has 1 fully saturated rings. The van der Waals surface area contributed by atoms with Gasteiger partial charge in [-0.15, -0.1) is 0 Å². The van der Waals surface area contributed by atoms with E-state index in [9.17, 15) is 4.39 Å². The number of rotatable bonds is 4. The van der Waals surface area contributed by atoms with E-state index in [1.165, 1.54) is 12.5 Å². The van der Waals surface area contributed by atoms with Crippen molar-refractivity contribution in [3.63, 3.8) is 0 Å². The summed E-state index contributed by atoms with van der Waals surface area (Å²) in [7, 11) is 0. The van der Waals surface area contributed by atoms with Crippen LogP contribution in [0.15, 0.2) is 25.0 Å². The molecule has 0 atom stereocenters. The van der Waals surface area contributed by atoms with E-state index >= 15 is 0 Å². The average Bonchev–Trinajstić information content (AvgIpc) is 2.45. The first kappa shape index (κ1) is 14.1. The molecular formula is C15H17ClFNO. The number of hydrogen-bond acceptors (Lipinski definition) is 2. The molecule has 1 aromatic carbocycles. The van der Waals surface area contributed by atoms with Crippen LogP contribution >= 0.6 is 11.6 Å². The molecule has 0 aromatic heterocycles. The number of benzene rings is 1. The number of hydrogen-bond donors (Lipinski definition) is 1. The largest absolute Gasteiger partial charge is 0.462 e. The fraction of sp³-hybridized carbons (Fsp3) is 0.400. The zero-order valence-electron chi connectivity index (χ0n) is 10.7. The minimum atomic E-state index is -0.520. The Bertz CT molecular complexity index is 481. The van der Waals surface area contributed by atoms with Crippen LogP contribution in [0.4, 0.5) is 4.39 Å². The SMILES string of the molecule is C=COc1ccc(C2CCC(C=N)CC2)c(Cl)c1F. The third-order valence-corrected chi connectivity index (χ3v) is 4.12. The van der Waals surface area contributed by atoms with Gasteiger partial charge in [0, 0.05) is 0 Å². The maximum atomic E-state index is 14.0. The van der Waals surface area contributed by atoms with Crippen molar-refractivity contribution >= 4 is 17.8 Å². The monoisotopic (exact) mass is 281 g/mol. The van der Waals surface area contributed by atoms with Crippen molar-refractivity contribution in [3.8, 4) is 5.75 Å². The van der Waals surface area contributed by atoms with Crippen molar-refractivity contribution < 1.29 is 9.13 Å². The quantitative estimate of drug-likeness (QED) is 0.616. The molecule has 1 aliphatic carbocycles. The van der Waals surface area contributed by atoms with E-state index in [0.29, 0.717) is 5.92 Å². The van der Waals surface area contributed by atoms with Crippen molar-refractivity contribution in [1.29, 1.82) is 5.41 Å². The predicted octanol–water partition coefficient (Wildman–Crippen LogP) is 4.92. The topological polar surface area (TPSA) is 33.1 Å². The molecule has 0 bridgehead atoms. The molecule has 2 nitrogen and oxygen atoms in total. The molecule has 1 saturated carbocycles. The molecule has 0 aliphatic heterocycles. The molecule has 1 aromatic rings. The molecule has 0 spiro atoms. The lowest BCUT2D eigenvalue weighted by atomic mass is 9.79. The van der Waals surface area contributed by atoms with Crippen molar-refractivity contribution in [3.05, 3.63) is 41.4 Å². The molecule has 1 aliphatic rings. The van der Waals surface area contributed by atoms with Crippen LogP contribution < -0.4 is 4.74 Å². The summed E-state index contributed by atoms with van der Waals surface area (Å²) in [6.45, 7) is 3.40. The molecule has 19 heavy (non-hydrogen) atoms. The summed E-state index contributed by atoms with van der Waals surface area (Å²) in [6, 6.07) is 3.43. The van der Waals surface area contributed by atoms with Crippen LogP contribution in [0.25, 0.3) is 0 Å². The molecule has 0 amide bonds. The summed E-state index contributed by atoms with van der Waals surface area (Å²) in [5.74, 6) is 0.226. The van der Waals surface area contributed by atoms with Crippen LogP contribution in [-0.4, -0.2) is 6.21 Å². The van der Waals surface area contributed by atoms with Gasteiger partial charge in [-0.05, 0) is 55.4 Å². The fourth-order valence-corrected chi connectivity index (χ4v) is 2.95. The van der Waals surface area contributed by atoms with E-state index in [1.807, 2.05) is 6.07 Å².